The molecule has 0 unspecified atom stereocenters. The SMILES string of the molecule is CSc1ccc(NC(=O)N(C)Cc2csc(C)n2)cc1. The van der Waals surface area contributed by atoms with Gasteiger partial charge in [0.25, 0.3) is 0 Å². The van der Waals surface area contributed by atoms with Gasteiger partial charge in [-0.1, -0.05) is 0 Å². The Labute approximate surface area is 127 Å². The van der Waals surface area contributed by atoms with Gasteiger partial charge in [-0.15, -0.1) is 23.1 Å². The largest absolute Gasteiger partial charge is 0.322 e. The number of carbonyl (C=O) groups is 1. The molecule has 0 spiro atoms. The van der Waals surface area contributed by atoms with Gasteiger partial charge in [-0.2, -0.15) is 0 Å². The third-order valence-electron chi connectivity index (χ3n) is 2.75. The van der Waals surface area contributed by atoms with E-state index >= 15 is 0 Å². The highest BCUT2D eigenvalue weighted by Crippen LogP contribution is 2.18. The summed E-state index contributed by atoms with van der Waals surface area (Å²) >= 11 is 3.27. The molecular weight excluding hydrogens is 290 g/mol. The Hall–Kier alpha value is -1.53. The van der Waals surface area contributed by atoms with E-state index in [1.54, 1.807) is 35.0 Å². The number of nitrogens with one attached hydrogen (secondary N) is 1. The van der Waals surface area contributed by atoms with Gasteiger partial charge in [0, 0.05) is 23.0 Å². The van der Waals surface area contributed by atoms with Gasteiger partial charge in [0.1, 0.15) is 0 Å². The van der Waals surface area contributed by atoms with E-state index in [0.717, 1.165) is 16.4 Å². The van der Waals surface area contributed by atoms with Gasteiger partial charge in [0.15, 0.2) is 0 Å². The number of thioether (sulfide) groups is 1. The van der Waals surface area contributed by atoms with Crippen LogP contribution in [0.3, 0.4) is 0 Å². The molecule has 2 rings (SSSR count). The molecule has 1 aromatic heterocycles. The number of amides is 2. The van der Waals surface area contributed by atoms with Gasteiger partial charge < -0.3 is 10.2 Å². The zero-order chi connectivity index (χ0) is 14.5. The maximum atomic E-state index is 12.1. The van der Waals surface area contributed by atoms with Gasteiger partial charge in [-0.05, 0) is 37.4 Å². The molecule has 20 heavy (non-hydrogen) atoms. The number of nitrogens with zero attached hydrogens (tertiary/aromatic N) is 2. The second kappa shape index (κ2) is 6.76. The van der Waals surface area contributed by atoms with E-state index in [-0.39, 0.29) is 6.03 Å². The Bertz CT molecular complexity index is 580. The molecule has 1 N–H and O–H groups in total. The van der Waals surface area contributed by atoms with Crippen LogP contribution >= 0.6 is 23.1 Å². The first-order chi connectivity index (χ1) is 9.58. The fourth-order valence-electron chi connectivity index (χ4n) is 1.69. The highest BCUT2D eigenvalue weighted by Gasteiger charge is 2.10. The fourth-order valence-corrected chi connectivity index (χ4v) is 2.70. The average Bonchev–Trinajstić information content (AvgIpc) is 2.85. The van der Waals surface area contributed by atoms with E-state index in [1.165, 1.54) is 4.90 Å². The first kappa shape index (κ1) is 14.9. The molecule has 1 aromatic carbocycles. The summed E-state index contributed by atoms with van der Waals surface area (Å²) in [6.07, 6.45) is 2.03. The van der Waals surface area contributed by atoms with Crippen molar-refractivity contribution < 1.29 is 4.79 Å². The van der Waals surface area contributed by atoms with E-state index in [4.69, 9.17) is 0 Å². The van der Waals surface area contributed by atoms with Crippen molar-refractivity contribution in [2.45, 2.75) is 18.4 Å². The van der Waals surface area contributed by atoms with Crippen LogP contribution < -0.4 is 5.32 Å². The Kier molecular flexibility index (Phi) is 5.03. The highest BCUT2D eigenvalue weighted by atomic mass is 32.2. The summed E-state index contributed by atoms with van der Waals surface area (Å²) in [5.41, 5.74) is 1.72. The first-order valence-corrected chi connectivity index (χ1v) is 8.26. The molecule has 0 radical (unpaired) electrons. The van der Waals surface area contributed by atoms with Gasteiger partial charge >= 0.3 is 6.03 Å². The van der Waals surface area contributed by atoms with Crippen LogP contribution in [0.25, 0.3) is 0 Å². The number of urea groups is 1. The van der Waals surface area contributed by atoms with Crippen molar-refractivity contribution in [3.8, 4) is 0 Å². The first-order valence-electron chi connectivity index (χ1n) is 6.15. The zero-order valence-electron chi connectivity index (χ0n) is 11.7. The summed E-state index contributed by atoms with van der Waals surface area (Å²) < 4.78 is 0. The number of aryl methyl sites for hydroxylation is 1. The minimum Gasteiger partial charge on any atom is -0.322 e. The van der Waals surface area contributed by atoms with Crippen LogP contribution in [0.2, 0.25) is 0 Å². The summed E-state index contributed by atoms with van der Waals surface area (Å²) in [5.74, 6) is 0. The van der Waals surface area contributed by atoms with Gasteiger partial charge in [-0.25, -0.2) is 9.78 Å². The van der Waals surface area contributed by atoms with Crippen LogP contribution in [0.5, 0.6) is 0 Å². The highest BCUT2D eigenvalue weighted by molar-refractivity contribution is 7.98. The predicted octanol–water partition coefficient (Wildman–Crippen LogP) is 3.84. The Morgan fingerprint density at radius 2 is 2.10 bits per heavy atom. The summed E-state index contributed by atoms with van der Waals surface area (Å²) in [5, 5.41) is 5.87. The van der Waals surface area contributed by atoms with Gasteiger partial charge in [0.2, 0.25) is 0 Å². The van der Waals surface area contributed by atoms with Gasteiger partial charge in [0.05, 0.1) is 17.2 Å². The number of anilines is 1. The lowest BCUT2D eigenvalue weighted by molar-refractivity contribution is 0.220. The van der Waals surface area contributed by atoms with Crippen molar-refractivity contribution >= 4 is 34.8 Å². The van der Waals surface area contributed by atoms with Crippen molar-refractivity contribution in [3.63, 3.8) is 0 Å². The molecule has 2 amide bonds. The third kappa shape index (κ3) is 3.98. The van der Waals surface area contributed by atoms with Crippen molar-refractivity contribution in [1.29, 1.82) is 0 Å². The van der Waals surface area contributed by atoms with Crippen LogP contribution in [0.4, 0.5) is 10.5 Å². The predicted molar refractivity (Wildman–Crippen MR) is 85.6 cm³/mol. The van der Waals surface area contributed by atoms with Crippen molar-refractivity contribution in [2.24, 2.45) is 0 Å². The average molecular weight is 307 g/mol. The van der Waals surface area contributed by atoms with E-state index < -0.39 is 0 Å². The number of hydrogen-bond acceptors (Lipinski definition) is 4. The van der Waals surface area contributed by atoms with E-state index in [2.05, 4.69) is 10.3 Å². The monoisotopic (exact) mass is 307 g/mol. The maximum Gasteiger partial charge on any atom is 0.321 e. The number of benzene rings is 1. The quantitative estimate of drug-likeness (QED) is 0.873. The van der Waals surface area contributed by atoms with Crippen LogP contribution in [0, 0.1) is 6.92 Å². The van der Waals surface area contributed by atoms with Crippen LogP contribution in [-0.2, 0) is 6.54 Å². The Morgan fingerprint density at radius 3 is 2.65 bits per heavy atom. The molecule has 106 valence electrons. The Balaban J connectivity index is 1.93. The molecule has 0 atom stereocenters. The lowest BCUT2D eigenvalue weighted by atomic mass is 10.3. The molecule has 0 fully saturated rings. The molecule has 0 saturated heterocycles. The Morgan fingerprint density at radius 1 is 1.40 bits per heavy atom. The number of rotatable bonds is 4. The van der Waals surface area contributed by atoms with Gasteiger partial charge in [-0.3, -0.25) is 0 Å². The van der Waals surface area contributed by atoms with Crippen molar-refractivity contribution in [3.05, 3.63) is 40.3 Å². The molecular formula is C14H17N3OS2. The van der Waals surface area contributed by atoms with E-state index in [9.17, 15) is 4.79 Å². The molecule has 0 aliphatic carbocycles. The standard InChI is InChI=1S/C14H17N3OS2/c1-10-15-12(9-20-10)8-17(2)14(18)16-11-4-6-13(19-3)7-5-11/h4-7,9H,8H2,1-3H3,(H,16,18). The summed E-state index contributed by atoms with van der Waals surface area (Å²) in [6, 6.07) is 7.66. The molecule has 6 heteroatoms. The molecule has 4 nitrogen and oxygen atoms in total. The molecule has 0 aliphatic rings. The topological polar surface area (TPSA) is 45.2 Å². The van der Waals surface area contributed by atoms with Crippen molar-refractivity contribution in [1.82, 2.24) is 9.88 Å². The van der Waals surface area contributed by atoms with Crippen molar-refractivity contribution in [2.75, 3.05) is 18.6 Å². The number of carbonyl (C=O) groups excluding carboxylic acids is 1. The second-order valence-electron chi connectivity index (χ2n) is 4.37. The van der Waals surface area contributed by atoms with Crippen LogP contribution in [0.1, 0.15) is 10.7 Å². The summed E-state index contributed by atoms with van der Waals surface area (Å²) in [7, 11) is 1.76. The van der Waals surface area contributed by atoms with E-state index in [1.807, 2.05) is 42.8 Å². The third-order valence-corrected chi connectivity index (χ3v) is 4.32. The molecule has 0 bridgehead atoms. The number of hydrogen-bond donors (Lipinski definition) is 1. The normalized spacial score (nSPS) is 10.3. The lowest BCUT2D eigenvalue weighted by Crippen LogP contribution is -2.30. The molecule has 2 aromatic rings. The zero-order valence-corrected chi connectivity index (χ0v) is 13.3. The summed E-state index contributed by atoms with van der Waals surface area (Å²) in [4.78, 5) is 19.2. The lowest BCUT2D eigenvalue weighted by Gasteiger charge is -2.17. The maximum absolute atomic E-state index is 12.1. The summed E-state index contributed by atoms with van der Waals surface area (Å²) in [6.45, 7) is 2.47. The second-order valence-corrected chi connectivity index (χ2v) is 6.31. The fraction of sp³-hybridized carbons (Fsp3) is 0.286. The van der Waals surface area contributed by atoms with Crippen LogP contribution in [-0.4, -0.2) is 29.2 Å². The van der Waals surface area contributed by atoms with E-state index in [0.29, 0.717) is 6.54 Å². The molecule has 1 heterocycles. The number of thiazole rings is 1. The van der Waals surface area contributed by atoms with Crippen LogP contribution in [0.15, 0.2) is 34.5 Å². The smallest absolute Gasteiger partial charge is 0.321 e. The minimum absolute atomic E-state index is 0.132. The minimum atomic E-state index is -0.132. The number of aromatic nitrogens is 1. The molecule has 0 saturated carbocycles. The molecule has 0 aliphatic heterocycles.